The predicted molar refractivity (Wildman–Crippen MR) is 123 cm³/mol. The molecule has 32 heavy (non-hydrogen) atoms. The van der Waals surface area contributed by atoms with Crippen LogP contribution >= 0.6 is 0 Å². The quantitative estimate of drug-likeness (QED) is 0.351. The van der Waals surface area contributed by atoms with Gasteiger partial charge in [-0.15, -0.1) is 0 Å². The Hall–Kier alpha value is -4.39. The van der Waals surface area contributed by atoms with E-state index in [1.807, 2.05) is 77.5 Å². The number of rotatable bonds is 6. The van der Waals surface area contributed by atoms with Crippen molar-refractivity contribution in [3.63, 3.8) is 0 Å². The highest BCUT2D eigenvalue weighted by atomic mass is 16.5. The van der Waals surface area contributed by atoms with Crippen LogP contribution in [0.1, 0.15) is 27.5 Å². The number of carbonyl (C=O) groups excluding carboxylic acids is 1. The van der Waals surface area contributed by atoms with Crippen LogP contribution < -0.4 is 15.5 Å². The van der Waals surface area contributed by atoms with Gasteiger partial charge in [-0.05, 0) is 47.5 Å². The fourth-order valence-electron chi connectivity index (χ4n) is 3.57. The van der Waals surface area contributed by atoms with Gasteiger partial charge < -0.3 is 10.1 Å². The highest BCUT2D eigenvalue weighted by Crippen LogP contribution is 2.31. The molecule has 0 aliphatic carbocycles. The molecule has 1 atom stereocenters. The fraction of sp³-hybridized carbons (Fsp3) is 0.0800. The first-order valence-electron chi connectivity index (χ1n) is 10.3. The molecule has 0 saturated carbocycles. The number of hydrogen-bond acceptors (Lipinski definition) is 5. The van der Waals surface area contributed by atoms with Crippen LogP contribution in [0.2, 0.25) is 0 Å². The average molecular weight is 423 g/mol. The number of nitrogens with zero attached hydrogens (tertiary/aromatic N) is 3. The van der Waals surface area contributed by atoms with Crippen molar-refractivity contribution >= 4 is 17.9 Å². The molecule has 0 radical (unpaired) electrons. The number of aromatic nitrogens is 2. The number of para-hydroxylation sites is 1. The van der Waals surface area contributed by atoms with E-state index in [1.165, 1.54) is 0 Å². The Morgan fingerprint density at radius 1 is 1.00 bits per heavy atom. The van der Waals surface area contributed by atoms with Crippen molar-refractivity contribution in [2.75, 3.05) is 5.32 Å². The summed E-state index contributed by atoms with van der Waals surface area (Å²) in [6.45, 7) is 0.674. The van der Waals surface area contributed by atoms with E-state index in [4.69, 9.17) is 4.74 Å². The van der Waals surface area contributed by atoms with Gasteiger partial charge in [0.05, 0.1) is 25.0 Å². The molecule has 1 amide bonds. The Morgan fingerprint density at radius 2 is 1.69 bits per heavy atom. The molecule has 1 unspecified atom stereocenters. The van der Waals surface area contributed by atoms with Gasteiger partial charge in [0.2, 0.25) is 0 Å². The third-order valence-electron chi connectivity index (χ3n) is 5.19. The molecule has 4 aromatic rings. The van der Waals surface area contributed by atoms with Crippen molar-refractivity contribution in [1.82, 2.24) is 15.2 Å². The zero-order chi connectivity index (χ0) is 21.8. The molecule has 0 spiro atoms. The molecule has 1 aliphatic rings. The van der Waals surface area contributed by atoms with Crippen LogP contribution in [-0.4, -0.2) is 21.9 Å². The van der Waals surface area contributed by atoms with Gasteiger partial charge in [0.1, 0.15) is 22.9 Å². The molecule has 2 N–H and O–H groups in total. The molecule has 7 heteroatoms. The number of hydrazone groups is 1. The van der Waals surface area contributed by atoms with Crippen LogP contribution in [0.3, 0.4) is 0 Å². The van der Waals surface area contributed by atoms with E-state index in [0.29, 0.717) is 17.9 Å². The van der Waals surface area contributed by atoms with E-state index in [0.717, 1.165) is 22.6 Å². The van der Waals surface area contributed by atoms with Gasteiger partial charge >= 0.3 is 0 Å². The van der Waals surface area contributed by atoms with E-state index in [1.54, 1.807) is 12.4 Å². The lowest BCUT2D eigenvalue weighted by atomic mass is 10.1. The van der Waals surface area contributed by atoms with Gasteiger partial charge in [-0.1, -0.05) is 48.5 Å². The summed E-state index contributed by atoms with van der Waals surface area (Å²) < 4.78 is 7.59. The number of fused-ring (bicyclic) bond motifs is 1. The third-order valence-corrected chi connectivity index (χ3v) is 5.19. The molecule has 158 valence electrons. The molecule has 0 fully saturated rings. The SMILES string of the molecule is O=C(N/N=C/c1ccc(Oc2ccccc2)cc1)c1cnn2c1NC(c1ccccc1)C2. The maximum Gasteiger partial charge on any atom is 0.276 e. The topological polar surface area (TPSA) is 80.5 Å². The van der Waals surface area contributed by atoms with Crippen LogP contribution in [0.4, 0.5) is 5.82 Å². The molecule has 3 aromatic carbocycles. The average Bonchev–Trinajstić information content (AvgIpc) is 3.43. The third kappa shape index (κ3) is 4.22. The highest BCUT2D eigenvalue weighted by Gasteiger charge is 2.27. The van der Waals surface area contributed by atoms with Crippen LogP contribution in [0.15, 0.2) is 96.2 Å². The zero-order valence-electron chi connectivity index (χ0n) is 17.2. The van der Waals surface area contributed by atoms with Gasteiger partial charge in [0.15, 0.2) is 0 Å². The van der Waals surface area contributed by atoms with Crippen LogP contribution in [0.25, 0.3) is 0 Å². The van der Waals surface area contributed by atoms with E-state index < -0.39 is 0 Å². The fourth-order valence-corrected chi connectivity index (χ4v) is 3.57. The maximum absolute atomic E-state index is 12.6. The lowest BCUT2D eigenvalue weighted by Crippen LogP contribution is -2.18. The Labute approximate surface area is 185 Å². The lowest BCUT2D eigenvalue weighted by Gasteiger charge is -2.10. The van der Waals surface area contributed by atoms with Crippen LogP contribution in [0.5, 0.6) is 11.5 Å². The highest BCUT2D eigenvalue weighted by molar-refractivity contribution is 5.99. The Bertz CT molecular complexity index is 1230. The molecule has 2 heterocycles. The summed E-state index contributed by atoms with van der Waals surface area (Å²) in [6, 6.07) is 27.2. The monoisotopic (exact) mass is 423 g/mol. The Kier molecular flexibility index (Phi) is 5.36. The summed E-state index contributed by atoms with van der Waals surface area (Å²) in [6.07, 6.45) is 3.15. The zero-order valence-corrected chi connectivity index (χ0v) is 17.2. The molecule has 0 saturated heterocycles. The summed E-state index contributed by atoms with van der Waals surface area (Å²) in [5.41, 5.74) is 5.04. The largest absolute Gasteiger partial charge is 0.457 e. The van der Waals surface area contributed by atoms with Crippen molar-refractivity contribution in [1.29, 1.82) is 0 Å². The Morgan fingerprint density at radius 3 is 2.44 bits per heavy atom. The second kappa shape index (κ2) is 8.77. The number of anilines is 1. The number of amides is 1. The molecule has 1 aromatic heterocycles. The summed E-state index contributed by atoms with van der Waals surface area (Å²) in [7, 11) is 0. The van der Waals surface area contributed by atoms with Gasteiger partial charge in [-0.2, -0.15) is 10.2 Å². The van der Waals surface area contributed by atoms with Crippen molar-refractivity contribution < 1.29 is 9.53 Å². The standard InChI is InChI=1S/C25H21N5O2/c31-25(22-16-27-30-17-23(28-24(22)30)19-7-3-1-4-8-19)29-26-15-18-11-13-21(14-12-18)32-20-9-5-2-6-10-20/h1-16,23,28H,17H2,(H,29,31)/b26-15+. The summed E-state index contributed by atoms with van der Waals surface area (Å²) in [5.74, 6) is 1.89. The number of nitrogens with one attached hydrogen (secondary N) is 2. The van der Waals surface area contributed by atoms with E-state index in [2.05, 4.69) is 33.1 Å². The first kappa shape index (κ1) is 19.6. The molecule has 0 bridgehead atoms. The molecular weight excluding hydrogens is 402 g/mol. The minimum absolute atomic E-state index is 0.0894. The number of benzene rings is 3. The van der Waals surface area contributed by atoms with Crippen LogP contribution in [-0.2, 0) is 6.54 Å². The minimum Gasteiger partial charge on any atom is -0.457 e. The van der Waals surface area contributed by atoms with Crippen LogP contribution in [0, 0.1) is 0 Å². The molecule has 5 rings (SSSR count). The second-order valence-electron chi connectivity index (χ2n) is 7.38. The van der Waals surface area contributed by atoms with Crippen molar-refractivity contribution in [3.8, 4) is 11.5 Å². The van der Waals surface area contributed by atoms with Gasteiger partial charge in [-0.3, -0.25) is 4.79 Å². The van der Waals surface area contributed by atoms with Crippen molar-refractivity contribution in [2.45, 2.75) is 12.6 Å². The van der Waals surface area contributed by atoms with Gasteiger partial charge in [0.25, 0.3) is 5.91 Å². The smallest absolute Gasteiger partial charge is 0.276 e. The normalized spacial score (nSPS) is 14.7. The second-order valence-corrected chi connectivity index (χ2v) is 7.38. The molecule has 1 aliphatic heterocycles. The lowest BCUT2D eigenvalue weighted by molar-refractivity contribution is 0.0956. The van der Waals surface area contributed by atoms with Gasteiger partial charge in [-0.25, -0.2) is 10.1 Å². The number of hydrogen-bond donors (Lipinski definition) is 2. The Balaban J connectivity index is 1.19. The summed E-state index contributed by atoms with van der Waals surface area (Å²) >= 11 is 0. The van der Waals surface area contributed by atoms with E-state index >= 15 is 0 Å². The summed E-state index contributed by atoms with van der Waals surface area (Å²) in [5, 5.41) is 11.8. The predicted octanol–water partition coefficient (Wildman–Crippen LogP) is 4.61. The number of carbonyl (C=O) groups is 1. The van der Waals surface area contributed by atoms with Gasteiger partial charge in [0, 0.05) is 0 Å². The maximum atomic E-state index is 12.6. The van der Waals surface area contributed by atoms with Crippen molar-refractivity contribution in [3.05, 3.63) is 108 Å². The first-order valence-corrected chi connectivity index (χ1v) is 10.3. The van der Waals surface area contributed by atoms with E-state index in [9.17, 15) is 4.79 Å². The minimum atomic E-state index is -0.312. The molecular formula is C25H21N5O2. The first-order chi connectivity index (χ1) is 15.8. The van der Waals surface area contributed by atoms with E-state index in [-0.39, 0.29) is 11.9 Å². The molecule has 7 nitrogen and oxygen atoms in total. The van der Waals surface area contributed by atoms with Crippen molar-refractivity contribution in [2.24, 2.45) is 5.10 Å². The summed E-state index contributed by atoms with van der Waals surface area (Å²) in [4.78, 5) is 12.6. The number of ether oxygens (including phenoxy) is 1.